The Bertz CT molecular complexity index is 281. The summed E-state index contributed by atoms with van der Waals surface area (Å²) in [7, 11) is 0. The molecule has 0 aromatic heterocycles. The van der Waals surface area contributed by atoms with Gasteiger partial charge in [0.1, 0.15) is 0 Å². The van der Waals surface area contributed by atoms with Crippen molar-refractivity contribution in [1.82, 2.24) is 0 Å². The maximum Gasteiger partial charge on any atom is 0.317 e. The van der Waals surface area contributed by atoms with Crippen LogP contribution in [-0.2, 0) is 0 Å². The Labute approximate surface area is 87.3 Å². The second-order valence-electron chi connectivity index (χ2n) is 1.67. The van der Waals surface area contributed by atoms with Crippen molar-refractivity contribution in [3.05, 3.63) is 35.2 Å². The second-order valence-corrected chi connectivity index (χ2v) is 2.00. The van der Waals surface area contributed by atoms with Crippen molar-refractivity contribution in [3.8, 4) is 0 Å². The molecule has 0 heterocycles. The van der Waals surface area contributed by atoms with Crippen LogP contribution in [0.5, 0.6) is 0 Å². The van der Waals surface area contributed by atoms with Gasteiger partial charge in [0, 0.05) is 0 Å². The van der Waals surface area contributed by atoms with E-state index in [9.17, 15) is 39.5 Å². The van der Waals surface area contributed by atoms with Gasteiger partial charge in [-0.1, -0.05) is 0 Å². The molecule has 16 heavy (non-hydrogen) atoms. The summed E-state index contributed by atoms with van der Waals surface area (Å²) in [5.74, 6) is -5.64. The molecule has 0 aromatic rings. The lowest BCUT2D eigenvalue weighted by Gasteiger charge is -1.87. The Balaban J connectivity index is 0. The fraction of sp³-hybridized carbons (Fsp3) is 0. The summed E-state index contributed by atoms with van der Waals surface area (Å²) < 4.78 is 98.3. The maximum absolute atomic E-state index is 11.4. The lowest BCUT2D eigenvalue weighted by atomic mass is 10.5. The third-order valence-electron chi connectivity index (χ3n) is 0.667. The van der Waals surface area contributed by atoms with Crippen LogP contribution in [0.25, 0.3) is 0 Å². The molecule has 0 saturated carbocycles. The van der Waals surface area contributed by atoms with E-state index in [0.717, 1.165) is 0 Å². The van der Waals surface area contributed by atoms with Crippen LogP contribution in [0.3, 0.4) is 0 Å². The smallest absolute Gasteiger partial charge is 0.198 e. The molecule has 0 N–H and O–H groups in total. The number of hydrogen-bond acceptors (Lipinski definition) is 0. The fourth-order valence-electron chi connectivity index (χ4n) is 0.166. The first-order valence-electron chi connectivity index (χ1n) is 2.89. The second kappa shape index (κ2) is 8.08. The number of rotatable bonds is 1. The van der Waals surface area contributed by atoms with E-state index in [0.29, 0.717) is 0 Å². The van der Waals surface area contributed by atoms with Gasteiger partial charge in [-0.25, -0.2) is 0 Å². The standard InChI is InChI=1S/C4F6.C2ClF3/c5-1(3(7)8)2(6)4(9)10;3-1(4)2(5)6. The van der Waals surface area contributed by atoms with Crippen LogP contribution in [-0.4, -0.2) is 0 Å². The average molecular weight is 279 g/mol. The molecule has 94 valence electrons. The molecule has 0 aliphatic rings. The molecule has 0 aromatic carbocycles. The molecular weight excluding hydrogens is 279 g/mol. The van der Waals surface area contributed by atoms with E-state index in [-0.39, 0.29) is 0 Å². The van der Waals surface area contributed by atoms with Crippen molar-refractivity contribution in [2.75, 3.05) is 0 Å². The van der Waals surface area contributed by atoms with Crippen molar-refractivity contribution in [2.24, 2.45) is 0 Å². The van der Waals surface area contributed by atoms with Gasteiger partial charge < -0.3 is 0 Å². The minimum atomic E-state index is -3.11. The first-order chi connectivity index (χ1) is 7.11. The summed E-state index contributed by atoms with van der Waals surface area (Å²) in [5.41, 5.74) is 0. The topological polar surface area (TPSA) is 0 Å². The van der Waals surface area contributed by atoms with E-state index >= 15 is 0 Å². The van der Waals surface area contributed by atoms with Crippen molar-refractivity contribution < 1.29 is 39.5 Å². The van der Waals surface area contributed by atoms with E-state index in [4.69, 9.17) is 0 Å². The number of allylic oxidation sites excluding steroid dienone is 2. The van der Waals surface area contributed by atoms with E-state index in [1.54, 1.807) is 0 Å². The zero-order valence-corrected chi connectivity index (χ0v) is 7.54. The Morgan fingerprint density at radius 2 is 0.688 bits per heavy atom. The van der Waals surface area contributed by atoms with Crippen LogP contribution in [0, 0.1) is 0 Å². The molecule has 0 saturated heterocycles. The van der Waals surface area contributed by atoms with Crippen molar-refractivity contribution >= 4 is 11.6 Å². The zero-order chi connectivity index (χ0) is 13.5. The molecule has 0 bridgehead atoms. The van der Waals surface area contributed by atoms with E-state index in [1.807, 2.05) is 0 Å². The highest BCUT2D eigenvalue weighted by Gasteiger charge is 2.16. The molecular formula is C6ClF9. The predicted molar refractivity (Wildman–Crippen MR) is 36.9 cm³/mol. The highest BCUT2D eigenvalue weighted by Crippen LogP contribution is 2.23. The summed E-state index contributed by atoms with van der Waals surface area (Å²) in [6, 6.07) is 0. The van der Waals surface area contributed by atoms with Gasteiger partial charge in [0.2, 0.25) is 11.7 Å². The third-order valence-corrected chi connectivity index (χ3v) is 0.810. The molecule has 0 fully saturated rings. The van der Waals surface area contributed by atoms with E-state index in [1.165, 1.54) is 0 Å². The fourth-order valence-corrected chi connectivity index (χ4v) is 0.166. The quantitative estimate of drug-likeness (QED) is 0.445. The van der Waals surface area contributed by atoms with E-state index < -0.39 is 35.2 Å². The van der Waals surface area contributed by atoms with Crippen LogP contribution in [0.4, 0.5) is 39.5 Å². The van der Waals surface area contributed by atoms with Gasteiger partial charge in [-0.3, -0.25) is 0 Å². The lowest BCUT2D eigenvalue weighted by Crippen LogP contribution is -1.78. The minimum absolute atomic E-state index is 1.94. The Hall–Kier alpha value is -1.12. The van der Waals surface area contributed by atoms with Crippen LogP contribution in [0.2, 0.25) is 0 Å². The Kier molecular flexibility index (Phi) is 8.73. The zero-order valence-electron chi connectivity index (χ0n) is 6.78. The van der Waals surface area contributed by atoms with E-state index in [2.05, 4.69) is 11.6 Å². The molecule has 0 spiro atoms. The normalized spacial score (nSPS) is 8.62. The third kappa shape index (κ3) is 8.21. The summed E-state index contributed by atoms with van der Waals surface area (Å²) in [6.45, 7) is 0. The van der Waals surface area contributed by atoms with Gasteiger partial charge in [-0.15, -0.1) is 0 Å². The Morgan fingerprint density at radius 3 is 0.750 bits per heavy atom. The molecule has 0 aliphatic heterocycles. The van der Waals surface area contributed by atoms with Gasteiger partial charge in [0.05, 0.1) is 0 Å². The predicted octanol–water partition coefficient (Wildman–Crippen LogP) is 5.40. The number of halogens is 10. The van der Waals surface area contributed by atoms with Gasteiger partial charge in [0.25, 0.3) is 5.29 Å². The highest BCUT2D eigenvalue weighted by atomic mass is 35.5. The molecule has 0 unspecified atom stereocenters. The average Bonchev–Trinajstić information content (AvgIpc) is 2.15. The van der Waals surface area contributed by atoms with Crippen LogP contribution < -0.4 is 0 Å². The number of hydrogen-bond donors (Lipinski definition) is 0. The minimum Gasteiger partial charge on any atom is -0.198 e. The first-order valence-corrected chi connectivity index (χ1v) is 3.27. The molecule has 0 nitrogen and oxygen atoms in total. The van der Waals surface area contributed by atoms with Crippen molar-refractivity contribution in [3.63, 3.8) is 0 Å². The van der Waals surface area contributed by atoms with Gasteiger partial charge in [-0.2, -0.15) is 39.5 Å². The van der Waals surface area contributed by atoms with Crippen molar-refractivity contribution in [1.29, 1.82) is 0 Å². The molecule has 0 atom stereocenters. The molecule has 0 aliphatic carbocycles. The van der Waals surface area contributed by atoms with Gasteiger partial charge in [0.15, 0.2) is 0 Å². The molecule has 0 rings (SSSR count). The summed E-state index contributed by atoms with van der Waals surface area (Å²) in [5, 5.41) is -1.94. The first kappa shape index (κ1) is 17.3. The largest absolute Gasteiger partial charge is 0.317 e. The monoisotopic (exact) mass is 278 g/mol. The van der Waals surface area contributed by atoms with Gasteiger partial charge in [-0.05, 0) is 11.6 Å². The van der Waals surface area contributed by atoms with Crippen LogP contribution in [0.1, 0.15) is 0 Å². The molecule has 0 amide bonds. The summed E-state index contributed by atoms with van der Waals surface area (Å²) in [4.78, 5) is 0. The maximum atomic E-state index is 11.4. The van der Waals surface area contributed by atoms with Crippen molar-refractivity contribution in [2.45, 2.75) is 0 Å². The lowest BCUT2D eigenvalue weighted by molar-refractivity contribution is 0.340. The summed E-state index contributed by atoms with van der Waals surface area (Å²) >= 11 is 4.08. The molecule has 0 radical (unpaired) electrons. The van der Waals surface area contributed by atoms with Crippen LogP contribution in [0.15, 0.2) is 35.2 Å². The Morgan fingerprint density at radius 1 is 0.500 bits per heavy atom. The SMILES string of the molecule is FC(F)=C(F)C(F)=C(F)F.FC(F)=C(F)Cl. The van der Waals surface area contributed by atoms with Gasteiger partial charge >= 0.3 is 18.2 Å². The summed E-state index contributed by atoms with van der Waals surface area (Å²) in [6.07, 6.45) is -8.69. The van der Waals surface area contributed by atoms with Crippen LogP contribution >= 0.6 is 11.6 Å². The highest BCUT2D eigenvalue weighted by molar-refractivity contribution is 6.28. The molecule has 10 heteroatoms.